The summed E-state index contributed by atoms with van der Waals surface area (Å²) in [4.78, 5) is 11.7. The quantitative estimate of drug-likeness (QED) is 0.764. The van der Waals surface area contributed by atoms with Crippen LogP contribution in [0.15, 0.2) is 12.1 Å². The molecule has 0 saturated heterocycles. The third-order valence-corrected chi connectivity index (χ3v) is 2.69. The first-order valence-electron chi connectivity index (χ1n) is 4.50. The van der Waals surface area contributed by atoms with Crippen molar-refractivity contribution in [3.63, 3.8) is 0 Å². The van der Waals surface area contributed by atoms with E-state index in [0.717, 1.165) is 11.1 Å². The van der Waals surface area contributed by atoms with E-state index in [4.69, 9.17) is 17.3 Å². The minimum absolute atomic E-state index is 0.101. The maximum Gasteiger partial charge on any atom is 0.180 e. The monoisotopic (exact) mass is 211 g/mol. The molecular formula is C11H14ClNO. The summed E-state index contributed by atoms with van der Waals surface area (Å²) in [7, 11) is 0. The van der Waals surface area contributed by atoms with Gasteiger partial charge in [0.2, 0.25) is 0 Å². The van der Waals surface area contributed by atoms with Crippen LogP contribution in [0.1, 0.15) is 28.4 Å². The minimum Gasteiger partial charge on any atom is -0.321 e. The second-order valence-corrected chi connectivity index (χ2v) is 3.92. The number of benzene rings is 1. The van der Waals surface area contributed by atoms with E-state index in [1.165, 1.54) is 0 Å². The molecule has 3 heteroatoms. The number of carbonyl (C=O) groups is 1. The van der Waals surface area contributed by atoms with Gasteiger partial charge in [0.15, 0.2) is 5.78 Å². The van der Waals surface area contributed by atoms with E-state index in [2.05, 4.69) is 0 Å². The maximum absolute atomic E-state index is 11.7. The molecule has 0 fully saturated rings. The normalized spacial score (nSPS) is 12.6. The number of carbonyl (C=O) groups excluding carboxylic acids is 1. The number of aryl methyl sites for hydroxylation is 2. The van der Waals surface area contributed by atoms with Crippen LogP contribution in [0.2, 0.25) is 5.02 Å². The van der Waals surface area contributed by atoms with Gasteiger partial charge in [-0.25, -0.2) is 0 Å². The molecule has 1 aromatic carbocycles. The van der Waals surface area contributed by atoms with Crippen LogP contribution in [0, 0.1) is 13.8 Å². The zero-order valence-electron chi connectivity index (χ0n) is 8.60. The van der Waals surface area contributed by atoms with Crippen LogP contribution in [0.4, 0.5) is 0 Å². The average Bonchev–Trinajstić information content (AvgIpc) is 2.12. The van der Waals surface area contributed by atoms with Crippen molar-refractivity contribution in [2.75, 3.05) is 0 Å². The standard InChI is InChI=1S/C11H14ClNO/c1-6-4-5-7(2)10(12)9(6)11(14)8(3)13/h4-5,8H,13H2,1-3H3. The first-order chi connectivity index (χ1) is 6.45. The van der Waals surface area contributed by atoms with Crippen molar-refractivity contribution in [3.8, 4) is 0 Å². The van der Waals surface area contributed by atoms with Gasteiger partial charge in [0.05, 0.1) is 11.1 Å². The Morgan fingerprint density at radius 1 is 1.36 bits per heavy atom. The summed E-state index contributed by atoms with van der Waals surface area (Å²) in [6, 6.07) is 3.28. The lowest BCUT2D eigenvalue weighted by Crippen LogP contribution is -2.27. The Bertz CT molecular complexity index is 372. The highest BCUT2D eigenvalue weighted by molar-refractivity contribution is 6.35. The molecule has 2 N–H and O–H groups in total. The van der Waals surface area contributed by atoms with Gasteiger partial charge in [0.25, 0.3) is 0 Å². The molecule has 76 valence electrons. The SMILES string of the molecule is Cc1ccc(C)c(C(=O)C(C)N)c1Cl. The Balaban J connectivity index is 3.33. The lowest BCUT2D eigenvalue weighted by atomic mass is 9.98. The van der Waals surface area contributed by atoms with E-state index in [-0.39, 0.29) is 5.78 Å². The van der Waals surface area contributed by atoms with Crippen LogP contribution < -0.4 is 5.73 Å². The molecule has 0 aliphatic rings. The zero-order valence-corrected chi connectivity index (χ0v) is 9.35. The van der Waals surface area contributed by atoms with Crippen LogP contribution >= 0.6 is 11.6 Å². The summed E-state index contributed by atoms with van der Waals surface area (Å²) < 4.78 is 0. The van der Waals surface area contributed by atoms with Gasteiger partial charge < -0.3 is 5.73 Å². The number of rotatable bonds is 2. The van der Waals surface area contributed by atoms with Gasteiger partial charge in [0.1, 0.15) is 0 Å². The Hall–Kier alpha value is -0.860. The van der Waals surface area contributed by atoms with E-state index in [1.807, 2.05) is 26.0 Å². The summed E-state index contributed by atoms with van der Waals surface area (Å²) in [6.07, 6.45) is 0. The summed E-state index contributed by atoms with van der Waals surface area (Å²) in [5.41, 5.74) is 7.89. The lowest BCUT2D eigenvalue weighted by molar-refractivity contribution is 0.0967. The Morgan fingerprint density at radius 3 is 2.36 bits per heavy atom. The molecule has 0 aliphatic heterocycles. The van der Waals surface area contributed by atoms with Crippen molar-refractivity contribution >= 4 is 17.4 Å². The highest BCUT2D eigenvalue weighted by Gasteiger charge is 2.17. The van der Waals surface area contributed by atoms with Crippen LogP contribution in [0.5, 0.6) is 0 Å². The fourth-order valence-electron chi connectivity index (χ4n) is 1.31. The number of hydrogen-bond acceptors (Lipinski definition) is 2. The van der Waals surface area contributed by atoms with Crippen LogP contribution in [-0.4, -0.2) is 11.8 Å². The van der Waals surface area contributed by atoms with Crippen molar-refractivity contribution in [2.45, 2.75) is 26.8 Å². The number of halogens is 1. The molecule has 2 nitrogen and oxygen atoms in total. The summed E-state index contributed by atoms with van der Waals surface area (Å²) in [5.74, 6) is -0.101. The first kappa shape index (κ1) is 11.2. The lowest BCUT2D eigenvalue weighted by Gasteiger charge is -2.11. The highest BCUT2D eigenvalue weighted by atomic mass is 35.5. The molecule has 0 amide bonds. The van der Waals surface area contributed by atoms with Gasteiger partial charge in [-0.1, -0.05) is 23.7 Å². The third kappa shape index (κ3) is 1.97. The van der Waals surface area contributed by atoms with Crippen molar-refractivity contribution < 1.29 is 4.79 Å². The molecule has 0 saturated carbocycles. The Kier molecular flexibility index (Phi) is 3.29. The van der Waals surface area contributed by atoms with Crippen molar-refractivity contribution in [2.24, 2.45) is 5.73 Å². The van der Waals surface area contributed by atoms with Crippen LogP contribution in [-0.2, 0) is 0 Å². The van der Waals surface area contributed by atoms with E-state index < -0.39 is 6.04 Å². The van der Waals surface area contributed by atoms with Gasteiger partial charge in [-0.3, -0.25) is 4.79 Å². The van der Waals surface area contributed by atoms with Gasteiger partial charge >= 0.3 is 0 Å². The van der Waals surface area contributed by atoms with Gasteiger partial charge in [-0.15, -0.1) is 0 Å². The molecule has 0 spiro atoms. The largest absolute Gasteiger partial charge is 0.321 e. The van der Waals surface area contributed by atoms with Crippen molar-refractivity contribution in [1.29, 1.82) is 0 Å². The zero-order chi connectivity index (χ0) is 10.9. The molecular weight excluding hydrogens is 198 g/mol. The maximum atomic E-state index is 11.7. The first-order valence-corrected chi connectivity index (χ1v) is 4.88. The van der Waals surface area contributed by atoms with E-state index in [0.29, 0.717) is 10.6 Å². The summed E-state index contributed by atoms with van der Waals surface area (Å²) in [6.45, 7) is 5.40. The molecule has 0 aliphatic carbocycles. The van der Waals surface area contributed by atoms with E-state index in [1.54, 1.807) is 6.92 Å². The van der Waals surface area contributed by atoms with Crippen molar-refractivity contribution in [3.05, 3.63) is 33.8 Å². The molecule has 1 atom stereocenters. The van der Waals surface area contributed by atoms with Crippen LogP contribution in [0.25, 0.3) is 0 Å². The molecule has 1 unspecified atom stereocenters. The average molecular weight is 212 g/mol. The molecule has 0 radical (unpaired) electrons. The minimum atomic E-state index is -0.506. The summed E-state index contributed by atoms with van der Waals surface area (Å²) in [5, 5.41) is 0.521. The molecule has 0 aromatic heterocycles. The predicted octanol–water partition coefficient (Wildman–Crippen LogP) is 2.49. The molecule has 14 heavy (non-hydrogen) atoms. The smallest absolute Gasteiger partial charge is 0.180 e. The van der Waals surface area contributed by atoms with Gasteiger partial charge in [-0.05, 0) is 31.9 Å². The number of Topliss-reactive ketones (excluding diaryl/α,β-unsaturated/α-hetero) is 1. The molecule has 0 bridgehead atoms. The van der Waals surface area contributed by atoms with Crippen molar-refractivity contribution in [1.82, 2.24) is 0 Å². The molecule has 0 heterocycles. The fraction of sp³-hybridized carbons (Fsp3) is 0.364. The number of ketones is 1. The Labute approximate surface area is 89.1 Å². The molecule has 1 rings (SSSR count). The van der Waals surface area contributed by atoms with Gasteiger partial charge in [0, 0.05) is 5.56 Å². The fourth-order valence-corrected chi connectivity index (χ4v) is 1.61. The third-order valence-electron chi connectivity index (χ3n) is 2.20. The summed E-state index contributed by atoms with van der Waals surface area (Å²) >= 11 is 6.06. The number of nitrogens with two attached hydrogens (primary N) is 1. The number of hydrogen-bond donors (Lipinski definition) is 1. The second-order valence-electron chi connectivity index (χ2n) is 3.54. The van der Waals surface area contributed by atoms with E-state index >= 15 is 0 Å². The van der Waals surface area contributed by atoms with E-state index in [9.17, 15) is 4.79 Å². The highest BCUT2D eigenvalue weighted by Crippen LogP contribution is 2.24. The second kappa shape index (κ2) is 4.11. The van der Waals surface area contributed by atoms with Gasteiger partial charge in [-0.2, -0.15) is 0 Å². The Morgan fingerprint density at radius 2 is 1.86 bits per heavy atom. The predicted molar refractivity (Wildman–Crippen MR) is 58.9 cm³/mol. The molecule has 1 aromatic rings. The topological polar surface area (TPSA) is 43.1 Å². The van der Waals surface area contributed by atoms with Crippen LogP contribution in [0.3, 0.4) is 0 Å².